The number of carbonyl (C=O) groups excluding carboxylic acids is 2. The average Bonchev–Trinajstić information content (AvgIpc) is 2.77. The lowest BCUT2D eigenvalue weighted by molar-refractivity contribution is -0.127. The molecule has 1 aliphatic rings. The van der Waals surface area contributed by atoms with Gasteiger partial charge in [0, 0.05) is 64.1 Å². The van der Waals surface area contributed by atoms with E-state index in [1.165, 1.54) is 11.1 Å². The van der Waals surface area contributed by atoms with E-state index in [1.807, 2.05) is 6.07 Å². The maximum absolute atomic E-state index is 12.5. The molecule has 0 saturated heterocycles. The number of benzene rings is 1. The first-order valence-electron chi connectivity index (χ1n) is 10.8. The summed E-state index contributed by atoms with van der Waals surface area (Å²) in [7, 11) is 1.77. The van der Waals surface area contributed by atoms with Crippen molar-refractivity contribution in [1.29, 1.82) is 0 Å². The van der Waals surface area contributed by atoms with Crippen LogP contribution in [-0.4, -0.2) is 71.0 Å². The summed E-state index contributed by atoms with van der Waals surface area (Å²) in [6, 6.07) is 11.9. The van der Waals surface area contributed by atoms with Crippen molar-refractivity contribution in [1.82, 2.24) is 20.1 Å². The second-order valence-corrected chi connectivity index (χ2v) is 8.20. The third kappa shape index (κ3) is 6.87. The Morgan fingerprint density at radius 2 is 2.03 bits per heavy atom. The van der Waals surface area contributed by atoms with Gasteiger partial charge < -0.3 is 15.3 Å². The molecule has 31 heavy (non-hydrogen) atoms. The number of aromatic nitrogens is 1. The number of nitrogens with one attached hydrogen (secondary N) is 1. The predicted octanol–water partition coefficient (Wildman–Crippen LogP) is 1.64. The number of hydrogen-bond acceptors (Lipinski definition) is 5. The molecule has 7 nitrogen and oxygen atoms in total. The highest BCUT2D eigenvalue weighted by Crippen LogP contribution is 2.18. The van der Waals surface area contributed by atoms with Crippen molar-refractivity contribution in [2.24, 2.45) is 0 Å². The molecule has 2 N–H and O–H groups in total. The van der Waals surface area contributed by atoms with E-state index in [0.717, 1.165) is 31.6 Å². The maximum Gasteiger partial charge on any atom is 0.251 e. The molecular weight excluding hydrogens is 392 g/mol. The Morgan fingerprint density at radius 3 is 2.81 bits per heavy atom. The number of β-amino-alcohol motifs (C(OH)–C–C–N with tert-alkyl or cyclic N) is 1. The highest BCUT2D eigenvalue weighted by molar-refractivity contribution is 5.94. The molecule has 0 bridgehead atoms. The lowest BCUT2D eigenvalue weighted by atomic mass is 10.00. The summed E-state index contributed by atoms with van der Waals surface area (Å²) in [5.41, 5.74) is 4.04. The van der Waals surface area contributed by atoms with Crippen LogP contribution in [0.4, 0.5) is 0 Å². The maximum atomic E-state index is 12.5. The first-order valence-corrected chi connectivity index (χ1v) is 10.8. The molecule has 2 heterocycles. The Morgan fingerprint density at radius 1 is 1.26 bits per heavy atom. The summed E-state index contributed by atoms with van der Waals surface area (Å²) in [5.74, 6) is -0.180. The molecule has 166 valence electrons. The number of aliphatic hydroxyl groups is 1. The van der Waals surface area contributed by atoms with E-state index < -0.39 is 6.10 Å². The Labute approximate surface area is 184 Å². The van der Waals surface area contributed by atoms with Gasteiger partial charge in [-0.15, -0.1) is 0 Å². The summed E-state index contributed by atoms with van der Waals surface area (Å²) in [4.78, 5) is 32.0. The van der Waals surface area contributed by atoms with Crippen molar-refractivity contribution in [2.45, 2.75) is 38.8 Å². The SMILES string of the molecule is CC(=O)N(C)CCCc1cc(C(=O)NC[C@H](O)CN2CCc3ccccc3C2)ccn1. The van der Waals surface area contributed by atoms with Crippen LogP contribution in [0.1, 0.15) is 40.5 Å². The summed E-state index contributed by atoms with van der Waals surface area (Å²) >= 11 is 0. The predicted molar refractivity (Wildman–Crippen MR) is 120 cm³/mol. The smallest absolute Gasteiger partial charge is 0.251 e. The Balaban J connectivity index is 1.43. The summed E-state index contributed by atoms with van der Waals surface area (Å²) in [6.07, 6.45) is 3.46. The van der Waals surface area contributed by atoms with Gasteiger partial charge in [-0.3, -0.25) is 19.5 Å². The van der Waals surface area contributed by atoms with Crippen LogP contribution in [-0.2, 0) is 24.2 Å². The second kappa shape index (κ2) is 11.0. The van der Waals surface area contributed by atoms with Crippen molar-refractivity contribution in [3.05, 3.63) is 65.0 Å². The Hall–Kier alpha value is -2.77. The molecule has 0 spiro atoms. The molecule has 0 saturated carbocycles. The Bertz CT molecular complexity index is 902. The van der Waals surface area contributed by atoms with E-state index in [2.05, 4.69) is 33.4 Å². The lowest BCUT2D eigenvalue weighted by Crippen LogP contribution is -2.42. The van der Waals surface area contributed by atoms with Crippen LogP contribution in [0.2, 0.25) is 0 Å². The van der Waals surface area contributed by atoms with Gasteiger partial charge in [-0.2, -0.15) is 0 Å². The van der Waals surface area contributed by atoms with Crippen molar-refractivity contribution in [2.75, 3.05) is 33.2 Å². The van der Waals surface area contributed by atoms with E-state index in [9.17, 15) is 14.7 Å². The van der Waals surface area contributed by atoms with Crippen LogP contribution in [0.5, 0.6) is 0 Å². The zero-order valence-electron chi connectivity index (χ0n) is 18.4. The van der Waals surface area contributed by atoms with Crippen LogP contribution >= 0.6 is 0 Å². The van der Waals surface area contributed by atoms with Crippen LogP contribution in [0.15, 0.2) is 42.6 Å². The molecule has 0 radical (unpaired) electrons. The number of fused-ring (bicyclic) bond motifs is 1. The fourth-order valence-corrected chi connectivity index (χ4v) is 3.80. The molecule has 1 aromatic heterocycles. The number of amides is 2. The fourth-order valence-electron chi connectivity index (χ4n) is 3.80. The van der Waals surface area contributed by atoms with Gasteiger partial charge in [0.25, 0.3) is 5.91 Å². The molecule has 1 atom stereocenters. The van der Waals surface area contributed by atoms with Gasteiger partial charge in [0.1, 0.15) is 0 Å². The van der Waals surface area contributed by atoms with Gasteiger partial charge in [0.2, 0.25) is 5.91 Å². The highest BCUT2D eigenvalue weighted by atomic mass is 16.3. The zero-order valence-corrected chi connectivity index (χ0v) is 18.4. The van der Waals surface area contributed by atoms with Crippen molar-refractivity contribution < 1.29 is 14.7 Å². The monoisotopic (exact) mass is 424 g/mol. The molecule has 0 fully saturated rings. The number of aryl methyl sites for hydroxylation is 1. The topological polar surface area (TPSA) is 85.8 Å². The van der Waals surface area contributed by atoms with Crippen molar-refractivity contribution in [3.63, 3.8) is 0 Å². The van der Waals surface area contributed by atoms with Gasteiger partial charge in [0.15, 0.2) is 0 Å². The number of nitrogens with zero attached hydrogens (tertiary/aromatic N) is 3. The normalized spacial score (nSPS) is 14.5. The summed E-state index contributed by atoms with van der Waals surface area (Å²) < 4.78 is 0. The number of carbonyl (C=O) groups is 2. The Kier molecular flexibility index (Phi) is 8.14. The number of pyridine rings is 1. The number of aliphatic hydroxyl groups excluding tert-OH is 1. The molecule has 2 aromatic rings. The third-order valence-electron chi connectivity index (χ3n) is 5.72. The van der Waals surface area contributed by atoms with Crippen LogP contribution in [0.3, 0.4) is 0 Å². The van der Waals surface area contributed by atoms with Crippen molar-refractivity contribution >= 4 is 11.8 Å². The van der Waals surface area contributed by atoms with E-state index in [0.29, 0.717) is 25.1 Å². The first-order chi connectivity index (χ1) is 14.9. The van der Waals surface area contributed by atoms with Crippen LogP contribution < -0.4 is 5.32 Å². The minimum absolute atomic E-state index is 0.0356. The number of hydrogen-bond donors (Lipinski definition) is 2. The largest absolute Gasteiger partial charge is 0.390 e. The fraction of sp³-hybridized carbons (Fsp3) is 0.458. The van der Waals surface area contributed by atoms with Gasteiger partial charge in [-0.05, 0) is 42.5 Å². The van der Waals surface area contributed by atoms with E-state index in [-0.39, 0.29) is 18.4 Å². The molecular formula is C24H32N4O3. The third-order valence-corrected chi connectivity index (χ3v) is 5.72. The zero-order chi connectivity index (χ0) is 22.2. The minimum atomic E-state index is -0.627. The highest BCUT2D eigenvalue weighted by Gasteiger charge is 2.19. The van der Waals surface area contributed by atoms with Gasteiger partial charge in [-0.25, -0.2) is 0 Å². The molecule has 0 aliphatic carbocycles. The van der Waals surface area contributed by atoms with E-state index in [4.69, 9.17) is 0 Å². The van der Waals surface area contributed by atoms with Gasteiger partial charge in [0.05, 0.1) is 6.10 Å². The summed E-state index contributed by atoms with van der Waals surface area (Å²) in [5, 5.41) is 13.2. The van der Waals surface area contributed by atoms with Crippen LogP contribution in [0.25, 0.3) is 0 Å². The average molecular weight is 425 g/mol. The minimum Gasteiger partial charge on any atom is -0.390 e. The molecule has 2 amide bonds. The molecule has 1 aromatic carbocycles. The molecule has 7 heteroatoms. The standard InChI is InChI=1S/C24H32N4O3/c1-18(29)27(2)12-5-8-22-14-20(9-11-25-22)24(31)26-15-23(30)17-28-13-10-19-6-3-4-7-21(19)16-28/h3-4,6-7,9,11,14,23,30H,5,8,10,12-13,15-17H2,1-2H3,(H,26,31)/t23-/m0/s1. The second-order valence-electron chi connectivity index (χ2n) is 8.20. The summed E-state index contributed by atoms with van der Waals surface area (Å²) in [6.45, 7) is 4.67. The van der Waals surface area contributed by atoms with E-state index >= 15 is 0 Å². The molecule has 3 rings (SSSR count). The number of rotatable bonds is 9. The quantitative estimate of drug-likeness (QED) is 0.639. The molecule has 0 unspecified atom stereocenters. The van der Waals surface area contributed by atoms with Crippen molar-refractivity contribution in [3.8, 4) is 0 Å². The van der Waals surface area contributed by atoms with Crippen LogP contribution in [0, 0.1) is 0 Å². The first kappa shape index (κ1) is 22.9. The lowest BCUT2D eigenvalue weighted by Gasteiger charge is -2.30. The molecule has 1 aliphatic heterocycles. The van der Waals surface area contributed by atoms with Gasteiger partial charge in [-0.1, -0.05) is 24.3 Å². The van der Waals surface area contributed by atoms with Gasteiger partial charge >= 0.3 is 0 Å². The van der Waals surface area contributed by atoms with E-state index in [1.54, 1.807) is 37.2 Å².